The molecule has 2 aromatic rings. The fourth-order valence-electron chi connectivity index (χ4n) is 3.16. The Balaban J connectivity index is 1.64. The summed E-state index contributed by atoms with van der Waals surface area (Å²) >= 11 is 5.94. The number of benzene rings is 2. The molecule has 0 N–H and O–H groups in total. The van der Waals surface area contributed by atoms with Gasteiger partial charge in [-0.2, -0.15) is 4.31 Å². The van der Waals surface area contributed by atoms with Crippen LogP contribution in [-0.2, 0) is 14.8 Å². The molecule has 0 aliphatic carbocycles. The Hall–Kier alpha value is -2.16. The van der Waals surface area contributed by atoms with Crippen molar-refractivity contribution in [2.24, 2.45) is 0 Å². The molecule has 29 heavy (non-hydrogen) atoms. The zero-order valence-electron chi connectivity index (χ0n) is 15.9. The number of amides is 1. The lowest BCUT2D eigenvalue weighted by Gasteiger charge is -2.25. The molecule has 1 heterocycles. The Kier molecular flexibility index (Phi) is 6.77. The van der Waals surface area contributed by atoms with E-state index < -0.39 is 21.9 Å². The van der Waals surface area contributed by atoms with E-state index in [1.165, 1.54) is 16.4 Å². The monoisotopic (exact) mass is 440 g/mol. The fraction of sp³-hybridized carbons (Fsp3) is 0.350. The van der Waals surface area contributed by atoms with Gasteiger partial charge in [0.05, 0.1) is 4.90 Å². The SMILES string of the molecule is CC(Oc1cccc(Cl)c1)C(=O)N1CCCN(S(=O)(=O)c2ccc(F)cc2)CC1. The summed E-state index contributed by atoms with van der Waals surface area (Å²) < 4.78 is 45.7. The quantitative estimate of drug-likeness (QED) is 0.716. The molecule has 0 saturated carbocycles. The van der Waals surface area contributed by atoms with Crippen molar-refractivity contribution in [3.8, 4) is 5.75 Å². The number of sulfonamides is 1. The Morgan fingerprint density at radius 3 is 2.52 bits per heavy atom. The number of halogens is 2. The molecule has 0 aromatic heterocycles. The maximum atomic E-state index is 13.1. The van der Waals surface area contributed by atoms with E-state index in [1.54, 1.807) is 36.1 Å². The van der Waals surface area contributed by atoms with Gasteiger partial charge >= 0.3 is 0 Å². The third-order valence-electron chi connectivity index (χ3n) is 4.67. The zero-order valence-corrected chi connectivity index (χ0v) is 17.5. The first kappa shape index (κ1) is 21.5. The Bertz CT molecular complexity index is 969. The summed E-state index contributed by atoms with van der Waals surface area (Å²) in [6, 6.07) is 11.5. The van der Waals surface area contributed by atoms with Gasteiger partial charge in [0.25, 0.3) is 5.91 Å². The number of carbonyl (C=O) groups is 1. The summed E-state index contributed by atoms with van der Waals surface area (Å²) in [6.07, 6.45) is -0.232. The van der Waals surface area contributed by atoms with Gasteiger partial charge in [0.1, 0.15) is 11.6 Å². The molecule has 1 saturated heterocycles. The summed E-state index contributed by atoms with van der Waals surface area (Å²) in [4.78, 5) is 14.4. The molecule has 0 spiro atoms. The highest BCUT2D eigenvalue weighted by molar-refractivity contribution is 7.89. The zero-order chi connectivity index (χ0) is 21.0. The maximum Gasteiger partial charge on any atom is 0.263 e. The lowest BCUT2D eigenvalue weighted by Crippen LogP contribution is -2.43. The summed E-state index contributed by atoms with van der Waals surface area (Å²) in [7, 11) is -3.74. The molecule has 0 bridgehead atoms. The van der Waals surface area contributed by atoms with Crippen molar-refractivity contribution < 1.29 is 22.3 Å². The molecule has 156 valence electrons. The molecule has 1 aliphatic heterocycles. The molecule has 1 unspecified atom stereocenters. The van der Waals surface area contributed by atoms with Gasteiger partial charge in [0.2, 0.25) is 10.0 Å². The molecule has 3 rings (SSSR count). The minimum Gasteiger partial charge on any atom is -0.481 e. The van der Waals surface area contributed by atoms with Crippen molar-refractivity contribution in [1.29, 1.82) is 0 Å². The van der Waals surface area contributed by atoms with Crippen molar-refractivity contribution in [1.82, 2.24) is 9.21 Å². The second-order valence-electron chi connectivity index (χ2n) is 6.75. The second kappa shape index (κ2) is 9.11. The highest BCUT2D eigenvalue weighted by Crippen LogP contribution is 2.21. The number of rotatable bonds is 5. The van der Waals surface area contributed by atoms with Gasteiger partial charge in [0.15, 0.2) is 6.10 Å². The Morgan fingerprint density at radius 1 is 1.10 bits per heavy atom. The van der Waals surface area contributed by atoms with E-state index >= 15 is 0 Å². The van der Waals surface area contributed by atoms with E-state index in [-0.39, 0.29) is 30.4 Å². The predicted molar refractivity (Wildman–Crippen MR) is 108 cm³/mol. The molecule has 1 fully saturated rings. The van der Waals surface area contributed by atoms with E-state index in [2.05, 4.69) is 0 Å². The van der Waals surface area contributed by atoms with Crippen LogP contribution in [-0.4, -0.2) is 55.8 Å². The number of ether oxygens (including phenoxy) is 1. The average molecular weight is 441 g/mol. The molecular weight excluding hydrogens is 419 g/mol. The molecule has 1 atom stereocenters. The standard InChI is InChI=1S/C20H22ClFN2O4S/c1-15(28-18-5-2-4-16(21)14-18)20(25)23-10-3-11-24(13-12-23)29(26,27)19-8-6-17(22)7-9-19/h2,4-9,14-15H,3,10-13H2,1H3. The third kappa shape index (κ3) is 5.26. The van der Waals surface area contributed by atoms with Gasteiger partial charge in [-0.05, 0) is 55.8 Å². The number of hydrogen-bond donors (Lipinski definition) is 0. The van der Waals surface area contributed by atoms with Crippen LogP contribution < -0.4 is 4.74 Å². The van der Waals surface area contributed by atoms with Gasteiger partial charge in [-0.15, -0.1) is 0 Å². The van der Waals surface area contributed by atoms with Crippen molar-refractivity contribution in [3.63, 3.8) is 0 Å². The van der Waals surface area contributed by atoms with Gasteiger partial charge < -0.3 is 9.64 Å². The van der Waals surface area contributed by atoms with Gasteiger partial charge in [-0.1, -0.05) is 17.7 Å². The van der Waals surface area contributed by atoms with Gasteiger partial charge in [0, 0.05) is 31.2 Å². The largest absolute Gasteiger partial charge is 0.481 e. The smallest absolute Gasteiger partial charge is 0.263 e. The normalized spacial score (nSPS) is 16.9. The van der Waals surface area contributed by atoms with E-state index in [1.807, 2.05) is 0 Å². The van der Waals surface area contributed by atoms with Crippen LogP contribution in [0.25, 0.3) is 0 Å². The molecule has 1 aliphatic rings. The predicted octanol–water partition coefficient (Wildman–Crippen LogP) is 3.17. The first-order chi connectivity index (χ1) is 13.8. The van der Waals surface area contributed by atoms with Crippen molar-refractivity contribution in [2.45, 2.75) is 24.3 Å². The van der Waals surface area contributed by atoms with Crippen LogP contribution in [0.1, 0.15) is 13.3 Å². The number of carbonyl (C=O) groups excluding carboxylic acids is 1. The Labute approximate surface area is 174 Å². The van der Waals surface area contributed by atoms with Gasteiger partial charge in [-0.3, -0.25) is 4.79 Å². The Morgan fingerprint density at radius 2 is 1.83 bits per heavy atom. The summed E-state index contributed by atoms with van der Waals surface area (Å²) in [6.45, 7) is 2.78. The average Bonchev–Trinajstić information content (AvgIpc) is 2.94. The topological polar surface area (TPSA) is 66.9 Å². The van der Waals surface area contributed by atoms with Crippen LogP contribution in [0.5, 0.6) is 5.75 Å². The minimum absolute atomic E-state index is 0.0383. The van der Waals surface area contributed by atoms with Crippen LogP contribution >= 0.6 is 11.6 Å². The molecule has 6 nitrogen and oxygen atoms in total. The maximum absolute atomic E-state index is 13.1. The second-order valence-corrected chi connectivity index (χ2v) is 9.13. The lowest BCUT2D eigenvalue weighted by molar-refractivity contribution is -0.137. The van der Waals surface area contributed by atoms with Crippen LogP contribution in [0.2, 0.25) is 5.02 Å². The summed E-state index contributed by atoms with van der Waals surface area (Å²) in [5.41, 5.74) is 0. The first-order valence-corrected chi connectivity index (χ1v) is 11.1. The van der Waals surface area contributed by atoms with E-state index in [0.717, 1.165) is 12.1 Å². The molecular formula is C20H22ClFN2O4S. The van der Waals surface area contributed by atoms with Crippen molar-refractivity contribution >= 4 is 27.5 Å². The summed E-state index contributed by atoms with van der Waals surface area (Å²) in [5.74, 6) is -0.218. The molecule has 2 aromatic carbocycles. The van der Waals surface area contributed by atoms with Crippen LogP contribution in [0.4, 0.5) is 4.39 Å². The van der Waals surface area contributed by atoms with Crippen molar-refractivity contribution in [2.75, 3.05) is 26.2 Å². The molecule has 9 heteroatoms. The van der Waals surface area contributed by atoms with Gasteiger partial charge in [-0.25, -0.2) is 12.8 Å². The highest BCUT2D eigenvalue weighted by Gasteiger charge is 2.30. The van der Waals surface area contributed by atoms with E-state index in [0.29, 0.717) is 23.7 Å². The number of nitrogens with zero attached hydrogens (tertiary/aromatic N) is 2. The molecule has 0 radical (unpaired) electrons. The highest BCUT2D eigenvalue weighted by atomic mass is 35.5. The summed E-state index contributed by atoms with van der Waals surface area (Å²) in [5, 5.41) is 0.513. The first-order valence-electron chi connectivity index (χ1n) is 9.24. The third-order valence-corrected chi connectivity index (χ3v) is 6.82. The minimum atomic E-state index is -3.74. The van der Waals surface area contributed by atoms with Crippen LogP contribution in [0, 0.1) is 5.82 Å². The van der Waals surface area contributed by atoms with Crippen LogP contribution in [0.3, 0.4) is 0 Å². The van der Waals surface area contributed by atoms with Crippen LogP contribution in [0.15, 0.2) is 53.4 Å². The van der Waals surface area contributed by atoms with E-state index in [4.69, 9.17) is 16.3 Å². The van der Waals surface area contributed by atoms with E-state index in [9.17, 15) is 17.6 Å². The lowest BCUT2D eigenvalue weighted by atomic mass is 10.3. The van der Waals surface area contributed by atoms with Crippen molar-refractivity contribution in [3.05, 3.63) is 59.4 Å². The molecule has 1 amide bonds. The fourth-order valence-corrected chi connectivity index (χ4v) is 4.81. The number of hydrogen-bond acceptors (Lipinski definition) is 4.